The third kappa shape index (κ3) is 6.82. The number of carbonyl (C=O) groups excluding carboxylic acids is 1. The molecule has 1 aliphatic carbocycles. The van der Waals surface area contributed by atoms with E-state index >= 15 is 0 Å². The molecule has 1 aliphatic rings. The fraction of sp³-hybridized carbons (Fsp3) is 0.458. The number of allylic oxidation sites excluding steroid dienone is 9. The third-order valence-electron chi connectivity index (χ3n) is 4.98. The first-order chi connectivity index (χ1) is 12.2. The molecule has 0 unspecified atom stereocenters. The second kappa shape index (κ2) is 10.4. The summed E-state index contributed by atoms with van der Waals surface area (Å²) in [5.74, 6) is -0.0420. The summed E-state index contributed by atoms with van der Waals surface area (Å²) in [4.78, 5) is 13.6. The van der Waals surface area contributed by atoms with Gasteiger partial charge in [-0.2, -0.15) is 0 Å². The van der Waals surface area contributed by atoms with Gasteiger partial charge in [0.2, 0.25) is 5.91 Å². The lowest BCUT2D eigenvalue weighted by Crippen LogP contribution is -2.29. The Kier molecular flexibility index (Phi) is 8.84. The molecule has 0 saturated heterocycles. The Morgan fingerprint density at radius 3 is 2.38 bits per heavy atom. The Labute approximate surface area is 161 Å². The lowest BCUT2D eigenvalue weighted by Gasteiger charge is -2.32. The minimum Gasteiger partial charge on any atom is -0.339 e. The smallest absolute Gasteiger partial charge is 0.246 e. The molecule has 1 amide bonds. The number of amides is 1. The maximum Gasteiger partial charge on any atom is 0.246 e. The van der Waals surface area contributed by atoms with E-state index < -0.39 is 0 Å². The van der Waals surface area contributed by atoms with Crippen LogP contribution in [-0.2, 0) is 4.79 Å². The van der Waals surface area contributed by atoms with Gasteiger partial charge >= 0.3 is 0 Å². The molecule has 1 rings (SSSR count). The highest BCUT2D eigenvalue weighted by atomic mass is 16.2. The molecule has 0 spiro atoms. The average Bonchev–Trinajstić information content (AvgIpc) is 2.54. The number of hydrogen-bond acceptors (Lipinski definition) is 1. The van der Waals surface area contributed by atoms with Crippen LogP contribution in [0, 0.1) is 19.3 Å². The van der Waals surface area contributed by atoms with Crippen LogP contribution in [0.15, 0.2) is 58.7 Å². The van der Waals surface area contributed by atoms with Crippen molar-refractivity contribution in [2.45, 2.75) is 53.9 Å². The van der Waals surface area contributed by atoms with Gasteiger partial charge in [0.05, 0.1) is 0 Å². The maximum absolute atomic E-state index is 12.0. The zero-order valence-electron chi connectivity index (χ0n) is 17.3. The standard InChI is InChI=1S/C24H35NO/c1-8-25(9-2)23(26)18-20(4)13-10-12-19(3)15-16-22-21(5)14-11-17-24(22,6)7/h10,12-13,15-16,18H,1-2,8-9,11,14,17H2,3-7H3/b13-10+,16-15+,19-12+,20-18+. The molecule has 2 nitrogen and oxygen atoms in total. The molecule has 2 radical (unpaired) electrons. The van der Waals surface area contributed by atoms with Gasteiger partial charge in [-0.1, -0.05) is 55.4 Å². The van der Waals surface area contributed by atoms with Crippen molar-refractivity contribution in [3.05, 3.63) is 72.6 Å². The summed E-state index contributed by atoms with van der Waals surface area (Å²) < 4.78 is 0. The van der Waals surface area contributed by atoms with E-state index in [-0.39, 0.29) is 11.3 Å². The minimum absolute atomic E-state index is 0.0420. The molecular weight excluding hydrogens is 318 g/mol. The van der Waals surface area contributed by atoms with Crippen molar-refractivity contribution in [1.82, 2.24) is 4.90 Å². The monoisotopic (exact) mass is 353 g/mol. The highest BCUT2D eigenvalue weighted by Gasteiger charge is 2.26. The van der Waals surface area contributed by atoms with Gasteiger partial charge in [0.1, 0.15) is 0 Å². The van der Waals surface area contributed by atoms with Gasteiger partial charge in [0, 0.05) is 19.2 Å². The summed E-state index contributed by atoms with van der Waals surface area (Å²) in [6.07, 6.45) is 15.9. The molecule has 142 valence electrons. The van der Waals surface area contributed by atoms with Crippen molar-refractivity contribution in [3.63, 3.8) is 0 Å². The predicted octanol–water partition coefficient (Wildman–Crippen LogP) is 6.01. The Morgan fingerprint density at radius 1 is 1.15 bits per heavy atom. The van der Waals surface area contributed by atoms with E-state index in [9.17, 15) is 4.79 Å². The highest BCUT2D eigenvalue weighted by molar-refractivity contribution is 5.88. The van der Waals surface area contributed by atoms with Crippen LogP contribution in [-0.4, -0.2) is 23.9 Å². The molecule has 26 heavy (non-hydrogen) atoms. The normalized spacial score (nSPS) is 18.9. The van der Waals surface area contributed by atoms with Gasteiger partial charge in [-0.3, -0.25) is 4.79 Å². The molecule has 0 bridgehead atoms. The van der Waals surface area contributed by atoms with Crippen LogP contribution in [0.3, 0.4) is 0 Å². The average molecular weight is 354 g/mol. The molecule has 0 N–H and O–H groups in total. The number of carbonyl (C=O) groups is 1. The number of nitrogens with zero attached hydrogens (tertiary/aromatic N) is 1. The van der Waals surface area contributed by atoms with Crippen LogP contribution in [0.1, 0.15) is 53.9 Å². The molecule has 2 heteroatoms. The van der Waals surface area contributed by atoms with E-state index in [1.807, 2.05) is 19.1 Å². The summed E-state index contributed by atoms with van der Waals surface area (Å²) in [7, 11) is 0. The number of rotatable bonds is 7. The lowest BCUT2D eigenvalue weighted by atomic mass is 9.72. The third-order valence-corrected chi connectivity index (χ3v) is 4.98. The molecule has 0 fully saturated rings. The maximum atomic E-state index is 12.0. The highest BCUT2D eigenvalue weighted by Crippen LogP contribution is 2.40. The van der Waals surface area contributed by atoms with Gasteiger partial charge in [0.15, 0.2) is 0 Å². The minimum atomic E-state index is -0.0420. The van der Waals surface area contributed by atoms with Gasteiger partial charge < -0.3 is 4.90 Å². The van der Waals surface area contributed by atoms with Gasteiger partial charge in [-0.05, 0) is 70.4 Å². The Hall–Kier alpha value is -1.83. The van der Waals surface area contributed by atoms with Crippen molar-refractivity contribution >= 4 is 5.91 Å². The summed E-state index contributed by atoms with van der Waals surface area (Å²) in [6.45, 7) is 19.3. The van der Waals surface area contributed by atoms with Crippen molar-refractivity contribution in [2.24, 2.45) is 5.41 Å². The summed E-state index contributed by atoms with van der Waals surface area (Å²) in [6, 6.07) is 0. The molecule has 0 aromatic heterocycles. The number of hydrogen-bond donors (Lipinski definition) is 0. The van der Waals surface area contributed by atoms with Crippen molar-refractivity contribution in [2.75, 3.05) is 13.1 Å². The second-order valence-electron chi connectivity index (χ2n) is 7.75. The first-order valence-corrected chi connectivity index (χ1v) is 9.50. The van der Waals surface area contributed by atoms with Gasteiger partial charge in [0.25, 0.3) is 0 Å². The van der Waals surface area contributed by atoms with Crippen LogP contribution in [0.2, 0.25) is 0 Å². The second-order valence-corrected chi connectivity index (χ2v) is 7.75. The van der Waals surface area contributed by atoms with E-state index in [0.717, 1.165) is 5.57 Å². The Balaban J connectivity index is 2.76. The van der Waals surface area contributed by atoms with Crippen LogP contribution < -0.4 is 0 Å². The Morgan fingerprint density at radius 2 is 1.81 bits per heavy atom. The van der Waals surface area contributed by atoms with Gasteiger partial charge in [-0.15, -0.1) is 0 Å². The van der Waals surface area contributed by atoms with E-state index in [1.165, 1.54) is 36.0 Å². The van der Waals surface area contributed by atoms with Crippen molar-refractivity contribution < 1.29 is 4.79 Å². The van der Waals surface area contributed by atoms with E-state index in [1.54, 1.807) is 11.0 Å². The Bertz CT molecular complexity index is 637. The molecule has 0 aromatic rings. The quantitative estimate of drug-likeness (QED) is 0.405. The molecule has 0 saturated carbocycles. The van der Waals surface area contributed by atoms with E-state index in [0.29, 0.717) is 13.1 Å². The van der Waals surface area contributed by atoms with Gasteiger partial charge in [-0.25, -0.2) is 0 Å². The molecule has 0 aliphatic heterocycles. The van der Waals surface area contributed by atoms with E-state index in [2.05, 4.69) is 59.8 Å². The van der Waals surface area contributed by atoms with Crippen LogP contribution in [0.5, 0.6) is 0 Å². The first kappa shape index (κ1) is 22.2. The zero-order chi connectivity index (χ0) is 19.7. The van der Waals surface area contributed by atoms with Crippen molar-refractivity contribution in [3.8, 4) is 0 Å². The largest absolute Gasteiger partial charge is 0.339 e. The van der Waals surface area contributed by atoms with Crippen LogP contribution in [0.4, 0.5) is 0 Å². The fourth-order valence-electron chi connectivity index (χ4n) is 3.30. The fourth-order valence-corrected chi connectivity index (χ4v) is 3.30. The van der Waals surface area contributed by atoms with Crippen LogP contribution in [0.25, 0.3) is 0 Å². The molecule has 0 aromatic carbocycles. The summed E-state index contributed by atoms with van der Waals surface area (Å²) in [5.41, 5.74) is 5.37. The van der Waals surface area contributed by atoms with E-state index in [4.69, 9.17) is 0 Å². The summed E-state index contributed by atoms with van der Waals surface area (Å²) >= 11 is 0. The molecule has 0 heterocycles. The lowest BCUT2D eigenvalue weighted by molar-refractivity contribution is -0.125. The molecule has 0 atom stereocenters. The molecular formula is C24H35NO. The van der Waals surface area contributed by atoms with Crippen molar-refractivity contribution in [1.29, 1.82) is 0 Å². The van der Waals surface area contributed by atoms with Crippen LogP contribution >= 0.6 is 0 Å². The zero-order valence-corrected chi connectivity index (χ0v) is 17.3. The predicted molar refractivity (Wildman–Crippen MR) is 113 cm³/mol. The topological polar surface area (TPSA) is 20.3 Å². The first-order valence-electron chi connectivity index (χ1n) is 9.50. The SMILES string of the molecule is [CH2]CN(C[CH2])C(=O)/C=C(C)/C=C/C=C(C)/C=C/C1=C(C)CCCC1(C)C. The summed E-state index contributed by atoms with van der Waals surface area (Å²) in [5, 5.41) is 0.